The SMILES string of the molecule is CC1=C(CN2CC(C(=O)O)C2)CCc2cc(OCc3ccc(OC(C)C)cc3C#N)ccc21. The minimum absolute atomic E-state index is 0.0553. The molecule has 1 fully saturated rings. The van der Waals surface area contributed by atoms with Gasteiger partial charge in [-0.2, -0.15) is 5.26 Å². The van der Waals surface area contributed by atoms with Crippen molar-refractivity contribution in [1.82, 2.24) is 4.90 Å². The molecule has 0 amide bonds. The molecule has 0 atom stereocenters. The summed E-state index contributed by atoms with van der Waals surface area (Å²) in [5, 5.41) is 18.6. The van der Waals surface area contributed by atoms with E-state index in [1.54, 1.807) is 6.07 Å². The Balaban J connectivity index is 1.41. The van der Waals surface area contributed by atoms with Gasteiger partial charge in [0.2, 0.25) is 0 Å². The van der Waals surface area contributed by atoms with E-state index in [1.807, 2.05) is 32.0 Å². The minimum atomic E-state index is -0.694. The van der Waals surface area contributed by atoms with Gasteiger partial charge in [0.15, 0.2) is 0 Å². The first kappa shape index (κ1) is 22.9. The van der Waals surface area contributed by atoms with Crippen molar-refractivity contribution < 1.29 is 19.4 Å². The second kappa shape index (κ2) is 9.68. The van der Waals surface area contributed by atoms with Crippen LogP contribution >= 0.6 is 0 Å². The van der Waals surface area contributed by atoms with Crippen LogP contribution in [0.25, 0.3) is 5.57 Å². The average Bonchev–Trinajstić information content (AvgIpc) is 2.75. The number of allylic oxidation sites excluding steroid dienone is 1. The molecule has 2 aromatic carbocycles. The van der Waals surface area contributed by atoms with E-state index in [-0.39, 0.29) is 12.0 Å². The number of fused-ring (bicyclic) bond motifs is 1. The summed E-state index contributed by atoms with van der Waals surface area (Å²) < 4.78 is 11.7. The van der Waals surface area contributed by atoms with E-state index in [2.05, 4.69) is 30.0 Å². The summed E-state index contributed by atoms with van der Waals surface area (Å²) in [6, 6.07) is 14.0. The number of carboxylic acid groups (broad SMARTS) is 1. The molecular weight excluding hydrogens is 416 g/mol. The Morgan fingerprint density at radius 3 is 2.64 bits per heavy atom. The zero-order chi connectivity index (χ0) is 23.5. The molecule has 4 rings (SSSR count). The van der Waals surface area contributed by atoms with Gasteiger partial charge in [0.25, 0.3) is 0 Å². The van der Waals surface area contributed by atoms with Gasteiger partial charge in [-0.1, -0.05) is 17.7 Å². The molecular formula is C27H30N2O4. The maximum absolute atomic E-state index is 11.0. The fraction of sp³-hybridized carbons (Fsp3) is 0.407. The Morgan fingerprint density at radius 2 is 1.94 bits per heavy atom. The molecule has 6 heteroatoms. The van der Waals surface area contributed by atoms with Crippen LogP contribution in [0.4, 0.5) is 0 Å². The van der Waals surface area contributed by atoms with Gasteiger partial charge in [0, 0.05) is 25.2 Å². The Labute approximate surface area is 195 Å². The molecule has 0 saturated carbocycles. The largest absolute Gasteiger partial charge is 0.491 e. The summed E-state index contributed by atoms with van der Waals surface area (Å²) in [6.07, 6.45) is 1.98. The molecule has 33 heavy (non-hydrogen) atoms. The van der Waals surface area contributed by atoms with Crippen molar-refractivity contribution in [1.29, 1.82) is 5.26 Å². The highest BCUT2D eigenvalue weighted by Gasteiger charge is 2.33. The van der Waals surface area contributed by atoms with Crippen LogP contribution in [0.3, 0.4) is 0 Å². The van der Waals surface area contributed by atoms with Crippen LogP contribution in [0.15, 0.2) is 42.0 Å². The zero-order valence-corrected chi connectivity index (χ0v) is 19.4. The number of nitrogens with zero attached hydrogens (tertiary/aromatic N) is 2. The van der Waals surface area contributed by atoms with E-state index < -0.39 is 5.97 Å². The number of aryl methyl sites for hydroxylation is 1. The Bertz CT molecular complexity index is 1120. The number of nitriles is 1. The first-order chi connectivity index (χ1) is 15.8. The topological polar surface area (TPSA) is 82.8 Å². The third kappa shape index (κ3) is 5.20. The van der Waals surface area contributed by atoms with Crippen molar-refractivity contribution in [3.05, 3.63) is 64.2 Å². The van der Waals surface area contributed by atoms with Crippen LogP contribution in [0.5, 0.6) is 11.5 Å². The molecule has 0 aromatic heterocycles. The number of carboxylic acids is 1. The van der Waals surface area contributed by atoms with Crippen molar-refractivity contribution >= 4 is 11.5 Å². The van der Waals surface area contributed by atoms with E-state index >= 15 is 0 Å². The number of hydrogen-bond acceptors (Lipinski definition) is 5. The molecule has 0 unspecified atom stereocenters. The fourth-order valence-electron chi connectivity index (χ4n) is 4.51. The Hall–Kier alpha value is -3.30. The van der Waals surface area contributed by atoms with Gasteiger partial charge in [0.05, 0.1) is 23.7 Å². The molecule has 0 radical (unpaired) electrons. The van der Waals surface area contributed by atoms with Crippen molar-refractivity contribution in [2.24, 2.45) is 5.92 Å². The van der Waals surface area contributed by atoms with Crippen LogP contribution in [-0.4, -0.2) is 41.7 Å². The smallest absolute Gasteiger partial charge is 0.309 e. The van der Waals surface area contributed by atoms with E-state index in [0.29, 0.717) is 31.0 Å². The van der Waals surface area contributed by atoms with Gasteiger partial charge in [-0.15, -0.1) is 0 Å². The second-order valence-electron chi connectivity index (χ2n) is 9.16. The van der Waals surface area contributed by atoms with Gasteiger partial charge >= 0.3 is 5.97 Å². The van der Waals surface area contributed by atoms with E-state index in [4.69, 9.17) is 14.6 Å². The normalized spacial score (nSPS) is 16.2. The maximum Gasteiger partial charge on any atom is 0.309 e. The quantitative estimate of drug-likeness (QED) is 0.635. The van der Waals surface area contributed by atoms with Crippen LogP contribution < -0.4 is 9.47 Å². The van der Waals surface area contributed by atoms with E-state index in [0.717, 1.165) is 30.7 Å². The fourth-order valence-corrected chi connectivity index (χ4v) is 4.51. The summed E-state index contributed by atoms with van der Waals surface area (Å²) in [6.45, 7) is 8.52. The highest BCUT2D eigenvalue weighted by atomic mass is 16.5. The lowest BCUT2D eigenvalue weighted by Crippen LogP contribution is -2.50. The van der Waals surface area contributed by atoms with Crippen molar-refractivity contribution in [2.45, 2.75) is 46.3 Å². The van der Waals surface area contributed by atoms with Gasteiger partial charge < -0.3 is 14.6 Å². The summed E-state index contributed by atoms with van der Waals surface area (Å²) in [5.41, 5.74) is 6.58. The number of rotatable bonds is 8. The number of aliphatic carboxylic acids is 1. The molecule has 0 bridgehead atoms. The monoisotopic (exact) mass is 446 g/mol. The van der Waals surface area contributed by atoms with Gasteiger partial charge in [-0.25, -0.2) is 0 Å². The molecule has 1 heterocycles. The third-order valence-corrected chi connectivity index (χ3v) is 6.40. The molecule has 172 valence electrons. The molecule has 2 aliphatic rings. The lowest BCUT2D eigenvalue weighted by molar-refractivity contribution is -0.147. The highest BCUT2D eigenvalue weighted by molar-refractivity contribution is 5.73. The van der Waals surface area contributed by atoms with Crippen molar-refractivity contribution in [3.8, 4) is 17.6 Å². The molecule has 1 saturated heterocycles. The summed E-state index contributed by atoms with van der Waals surface area (Å²) in [5.74, 6) is 0.569. The van der Waals surface area contributed by atoms with Crippen molar-refractivity contribution in [3.63, 3.8) is 0 Å². The highest BCUT2D eigenvalue weighted by Crippen LogP contribution is 2.35. The predicted molar refractivity (Wildman–Crippen MR) is 126 cm³/mol. The lowest BCUT2D eigenvalue weighted by Gasteiger charge is -2.38. The molecule has 1 aliphatic carbocycles. The predicted octanol–water partition coefficient (Wildman–Crippen LogP) is 4.66. The molecule has 2 aromatic rings. The van der Waals surface area contributed by atoms with E-state index in [1.165, 1.54) is 22.3 Å². The third-order valence-electron chi connectivity index (χ3n) is 6.40. The first-order valence-electron chi connectivity index (χ1n) is 11.4. The average molecular weight is 447 g/mol. The molecule has 1 aliphatic heterocycles. The lowest BCUT2D eigenvalue weighted by atomic mass is 9.85. The standard InChI is InChI=1S/C27H30N2O4/c1-17(2)33-25-7-6-21(22(11-25)12-28)16-32-24-8-9-26-18(3)20(5-4-19(26)10-24)13-29-14-23(15-29)27(30)31/h6-11,17,23H,4-5,13-16H2,1-3H3,(H,30,31). The van der Waals surface area contributed by atoms with Crippen LogP contribution in [0.1, 0.15) is 49.4 Å². The van der Waals surface area contributed by atoms with Crippen LogP contribution in [0.2, 0.25) is 0 Å². The summed E-state index contributed by atoms with van der Waals surface area (Å²) >= 11 is 0. The number of benzene rings is 2. The summed E-state index contributed by atoms with van der Waals surface area (Å²) in [4.78, 5) is 13.3. The molecule has 0 spiro atoms. The number of hydrogen-bond donors (Lipinski definition) is 1. The Morgan fingerprint density at radius 1 is 1.18 bits per heavy atom. The number of carbonyl (C=O) groups is 1. The van der Waals surface area contributed by atoms with Gasteiger partial charge in [0.1, 0.15) is 18.1 Å². The summed E-state index contributed by atoms with van der Waals surface area (Å²) in [7, 11) is 0. The number of likely N-dealkylation sites (tertiary alicyclic amines) is 1. The minimum Gasteiger partial charge on any atom is -0.491 e. The zero-order valence-electron chi connectivity index (χ0n) is 19.4. The van der Waals surface area contributed by atoms with Gasteiger partial charge in [-0.3, -0.25) is 9.69 Å². The van der Waals surface area contributed by atoms with Crippen LogP contribution in [0, 0.1) is 17.2 Å². The first-order valence-corrected chi connectivity index (χ1v) is 11.4. The van der Waals surface area contributed by atoms with Crippen LogP contribution in [-0.2, 0) is 17.8 Å². The Kier molecular flexibility index (Phi) is 6.71. The number of ether oxygens (including phenoxy) is 2. The van der Waals surface area contributed by atoms with Crippen molar-refractivity contribution in [2.75, 3.05) is 19.6 Å². The van der Waals surface area contributed by atoms with E-state index in [9.17, 15) is 10.1 Å². The molecule has 6 nitrogen and oxygen atoms in total. The van der Waals surface area contributed by atoms with Gasteiger partial charge in [-0.05, 0) is 74.6 Å². The molecule has 1 N–H and O–H groups in total. The maximum atomic E-state index is 11.0. The second-order valence-corrected chi connectivity index (χ2v) is 9.16.